The fourth-order valence-electron chi connectivity index (χ4n) is 3.62. The molecule has 0 aliphatic rings. The van der Waals surface area contributed by atoms with Crippen LogP contribution >= 0.6 is 0 Å². The number of nitrogens with zero attached hydrogens (tertiary/aromatic N) is 7. The van der Waals surface area contributed by atoms with E-state index >= 15 is 0 Å². The minimum Gasteiger partial charge on any atom is -0.389 e. The Morgan fingerprint density at radius 2 is 2.09 bits per heavy atom. The van der Waals surface area contributed by atoms with Gasteiger partial charge in [-0.3, -0.25) is 9.56 Å². The maximum absolute atomic E-state index is 10.3. The summed E-state index contributed by atoms with van der Waals surface area (Å²) in [5.74, 6) is 1.08. The summed E-state index contributed by atoms with van der Waals surface area (Å²) in [6, 6.07) is 13.2. The van der Waals surface area contributed by atoms with Gasteiger partial charge in [0.05, 0.1) is 29.0 Å². The van der Waals surface area contributed by atoms with Gasteiger partial charge in [-0.25, -0.2) is 14.6 Å². The molecule has 4 aromatic rings. The zero-order chi connectivity index (χ0) is 25.1. The normalized spacial score (nSPS) is 12.7. The van der Waals surface area contributed by atoms with Gasteiger partial charge in [0.1, 0.15) is 18.2 Å². The summed E-state index contributed by atoms with van der Waals surface area (Å²) in [5.41, 5.74) is 5.73. The van der Waals surface area contributed by atoms with Crippen LogP contribution in [0.1, 0.15) is 43.8 Å². The molecule has 0 spiro atoms. The summed E-state index contributed by atoms with van der Waals surface area (Å²) in [5, 5.41) is 27.2. The molecule has 0 saturated heterocycles. The number of pyridine rings is 1. The molecule has 0 bridgehead atoms. The summed E-state index contributed by atoms with van der Waals surface area (Å²) in [4.78, 5) is 13.6. The number of aliphatic imine (C=N–C) groups is 1. The molecule has 0 saturated carbocycles. The average Bonchev–Trinajstić information content (AvgIpc) is 3.43. The van der Waals surface area contributed by atoms with Gasteiger partial charge in [0.2, 0.25) is 0 Å². The molecule has 1 aromatic carbocycles. The molecule has 176 valence electrons. The Labute approximate surface area is 203 Å². The van der Waals surface area contributed by atoms with E-state index in [2.05, 4.69) is 27.0 Å². The van der Waals surface area contributed by atoms with Gasteiger partial charge >= 0.3 is 0 Å². The van der Waals surface area contributed by atoms with Crippen LogP contribution in [0.3, 0.4) is 0 Å². The Morgan fingerprint density at radius 3 is 2.74 bits per heavy atom. The van der Waals surface area contributed by atoms with Crippen molar-refractivity contribution in [3.63, 3.8) is 0 Å². The first-order valence-corrected chi connectivity index (χ1v) is 11.1. The van der Waals surface area contributed by atoms with Crippen molar-refractivity contribution in [3.05, 3.63) is 83.7 Å². The second kappa shape index (κ2) is 9.75. The maximum atomic E-state index is 10.3. The van der Waals surface area contributed by atoms with E-state index in [4.69, 9.17) is 4.98 Å². The van der Waals surface area contributed by atoms with Gasteiger partial charge in [0.25, 0.3) is 0 Å². The van der Waals surface area contributed by atoms with Gasteiger partial charge in [-0.1, -0.05) is 12.7 Å². The van der Waals surface area contributed by atoms with Gasteiger partial charge in [0, 0.05) is 22.6 Å². The zero-order valence-electron chi connectivity index (χ0n) is 20.1. The number of aryl methyl sites for hydroxylation is 1. The molecule has 1 unspecified atom stereocenters. The minimum atomic E-state index is -0.761. The van der Waals surface area contributed by atoms with Crippen LogP contribution in [0.5, 0.6) is 0 Å². The molecule has 0 amide bonds. The van der Waals surface area contributed by atoms with Crippen molar-refractivity contribution in [1.29, 1.82) is 5.26 Å². The van der Waals surface area contributed by atoms with Crippen LogP contribution in [0.2, 0.25) is 0 Å². The quantitative estimate of drug-likeness (QED) is 0.379. The number of aromatic nitrogens is 5. The third-order valence-corrected chi connectivity index (χ3v) is 5.36. The van der Waals surface area contributed by atoms with Crippen molar-refractivity contribution < 1.29 is 5.11 Å². The number of aliphatic hydroxyl groups excluding tert-OH is 1. The third-order valence-electron chi connectivity index (χ3n) is 5.36. The Morgan fingerprint density at radius 1 is 1.29 bits per heavy atom. The number of nitrogens with one attached hydrogen (secondary N) is 1. The van der Waals surface area contributed by atoms with Crippen LogP contribution in [0.4, 0.5) is 5.69 Å². The van der Waals surface area contributed by atoms with E-state index in [9.17, 15) is 10.4 Å². The number of anilines is 1. The van der Waals surface area contributed by atoms with E-state index in [1.165, 1.54) is 0 Å². The van der Waals surface area contributed by atoms with Gasteiger partial charge in [-0.2, -0.15) is 10.4 Å². The molecular weight excluding hydrogens is 440 g/mol. The topological polar surface area (TPSA) is 117 Å². The van der Waals surface area contributed by atoms with E-state index < -0.39 is 6.10 Å². The molecule has 9 nitrogen and oxygen atoms in total. The summed E-state index contributed by atoms with van der Waals surface area (Å²) in [6.07, 6.45) is 4.61. The number of hydrogen-bond acceptors (Lipinski definition) is 7. The van der Waals surface area contributed by atoms with E-state index in [0.717, 1.165) is 33.8 Å². The van der Waals surface area contributed by atoms with E-state index in [1.807, 2.05) is 67.8 Å². The standard InChI is InChI=1S/C26H26N8O/c1-6-19(14-28-16(2)3)30-20-7-9-24-23(12-20)29-15-33(24)25-10-8-22(18(5)35)26(31-25)34-17(4)11-21(13-27)32-34/h6-12,14-15,18,30,35H,2H2,1,3-5H3/b19-6+,28-14?. The molecule has 0 aliphatic heterocycles. The lowest BCUT2D eigenvalue weighted by molar-refractivity contribution is 0.198. The number of nitriles is 1. The Balaban J connectivity index is 1.74. The zero-order valence-corrected chi connectivity index (χ0v) is 20.1. The van der Waals surface area contributed by atoms with Gasteiger partial charge in [0.15, 0.2) is 11.5 Å². The summed E-state index contributed by atoms with van der Waals surface area (Å²) >= 11 is 0. The highest BCUT2D eigenvalue weighted by atomic mass is 16.3. The van der Waals surface area contributed by atoms with Crippen LogP contribution in [-0.4, -0.2) is 35.6 Å². The van der Waals surface area contributed by atoms with Gasteiger partial charge in [-0.05, 0) is 64.1 Å². The highest BCUT2D eigenvalue weighted by Crippen LogP contribution is 2.26. The Hall–Kier alpha value is -4.55. The minimum absolute atomic E-state index is 0.285. The van der Waals surface area contributed by atoms with Crippen LogP contribution in [0.15, 0.2) is 71.8 Å². The first-order chi connectivity index (χ1) is 16.8. The summed E-state index contributed by atoms with van der Waals surface area (Å²) < 4.78 is 3.45. The molecule has 3 aromatic heterocycles. The van der Waals surface area contributed by atoms with Crippen molar-refractivity contribution >= 4 is 22.9 Å². The number of imidazole rings is 1. The predicted octanol–water partition coefficient (Wildman–Crippen LogP) is 4.76. The molecule has 3 heterocycles. The Bertz CT molecular complexity index is 1510. The first kappa shape index (κ1) is 23.6. The van der Waals surface area contributed by atoms with Crippen LogP contribution in [-0.2, 0) is 0 Å². The van der Waals surface area contributed by atoms with Crippen molar-refractivity contribution in [2.45, 2.75) is 33.8 Å². The van der Waals surface area contributed by atoms with Crippen LogP contribution < -0.4 is 5.32 Å². The van der Waals surface area contributed by atoms with Crippen LogP contribution in [0, 0.1) is 18.3 Å². The average molecular weight is 467 g/mol. The van der Waals surface area contributed by atoms with E-state index in [1.54, 1.807) is 30.2 Å². The number of hydrogen-bond donors (Lipinski definition) is 2. The molecule has 1 atom stereocenters. The molecule has 0 aliphatic carbocycles. The second-order valence-electron chi connectivity index (χ2n) is 8.13. The first-order valence-electron chi connectivity index (χ1n) is 11.1. The van der Waals surface area contributed by atoms with Crippen molar-refractivity contribution in [3.8, 4) is 17.7 Å². The largest absolute Gasteiger partial charge is 0.389 e. The molecule has 2 N–H and O–H groups in total. The number of rotatable bonds is 7. The lowest BCUT2D eigenvalue weighted by atomic mass is 10.1. The fourth-order valence-corrected chi connectivity index (χ4v) is 3.62. The van der Waals surface area contributed by atoms with Crippen molar-refractivity contribution in [2.24, 2.45) is 4.99 Å². The van der Waals surface area contributed by atoms with Gasteiger partial charge < -0.3 is 10.4 Å². The highest BCUT2D eigenvalue weighted by molar-refractivity contribution is 5.86. The smallest absolute Gasteiger partial charge is 0.163 e. The van der Waals surface area contributed by atoms with E-state index in [0.29, 0.717) is 17.2 Å². The molecule has 9 heteroatoms. The van der Waals surface area contributed by atoms with E-state index in [-0.39, 0.29) is 5.69 Å². The third kappa shape index (κ3) is 4.88. The maximum Gasteiger partial charge on any atom is 0.163 e. The molecule has 35 heavy (non-hydrogen) atoms. The molecule has 0 radical (unpaired) electrons. The van der Waals surface area contributed by atoms with Crippen molar-refractivity contribution in [1.82, 2.24) is 24.3 Å². The molecule has 0 fully saturated rings. The highest BCUT2D eigenvalue weighted by Gasteiger charge is 2.17. The number of fused-ring (bicyclic) bond motifs is 1. The van der Waals surface area contributed by atoms with Crippen LogP contribution in [0.25, 0.3) is 22.7 Å². The Kier molecular flexibility index (Phi) is 6.57. The summed E-state index contributed by atoms with van der Waals surface area (Å²) in [7, 11) is 0. The summed E-state index contributed by atoms with van der Waals surface area (Å²) in [6.45, 7) is 11.1. The SMILES string of the molecule is C=C(C)N=C/C(=C\C)Nc1ccc2c(c1)ncn2-c1ccc(C(C)O)c(-n2nc(C#N)cc2C)n1. The van der Waals surface area contributed by atoms with Gasteiger partial charge in [-0.15, -0.1) is 0 Å². The lowest BCUT2D eigenvalue weighted by Gasteiger charge is -2.14. The van der Waals surface area contributed by atoms with Crippen molar-refractivity contribution in [2.75, 3.05) is 5.32 Å². The molecule has 4 rings (SSSR count). The lowest BCUT2D eigenvalue weighted by Crippen LogP contribution is -2.10. The predicted molar refractivity (Wildman–Crippen MR) is 137 cm³/mol. The number of allylic oxidation sites excluding steroid dienone is 3. The molecular formula is C26H26N8O. The monoisotopic (exact) mass is 466 g/mol. The fraction of sp³-hybridized carbons (Fsp3) is 0.192. The number of aliphatic hydroxyl groups is 1. The number of benzene rings is 1. The second-order valence-corrected chi connectivity index (χ2v) is 8.13.